The van der Waals surface area contributed by atoms with Gasteiger partial charge in [0.1, 0.15) is 0 Å². The highest BCUT2D eigenvalue weighted by molar-refractivity contribution is 6.31. The predicted octanol–water partition coefficient (Wildman–Crippen LogP) is 3.74. The summed E-state index contributed by atoms with van der Waals surface area (Å²) in [5.41, 5.74) is 0.822. The first-order chi connectivity index (χ1) is 7.77. The molecular formula is C13H18ClNO. The normalized spacial score (nSPS) is 19.6. The van der Waals surface area contributed by atoms with Gasteiger partial charge in [-0.05, 0) is 18.4 Å². The number of hydrogen-bond acceptors (Lipinski definition) is 2. The van der Waals surface area contributed by atoms with Crippen molar-refractivity contribution in [1.82, 2.24) is 4.98 Å². The van der Waals surface area contributed by atoms with Crippen LogP contribution >= 0.6 is 11.6 Å². The third kappa shape index (κ3) is 2.96. The van der Waals surface area contributed by atoms with Crippen LogP contribution < -0.4 is 0 Å². The molecule has 1 saturated carbocycles. The monoisotopic (exact) mass is 239 g/mol. The lowest BCUT2D eigenvalue weighted by Gasteiger charge is -2.24. The number of hydrogen-bond donors (Lipinski definition) is 1. The molecule has 3 heteroatoms. The maximum atomic E-state index is 10.1. The summed E-state index contributed by atoms with van der Waals surface area (Å²) < 4.78 is 0. The molecule has 1 heterocycles. The number of aliphatic hydroxyl groups excluding tert-OH is 1. The molecule has 1 fully saturated rings. The molecule has 0 amide bonds. The van der Waals surface area contributed by atoms with Gasteiger partial charge in [0.25, 0.3) is 0 Å². The highest BCUT2D eigenvalue weighted by atomic mass is 35.5. The quantitative estimate of drug-likeness (QED) is 0.872. The minimum atomic E-state index is -0.432. The summed E-state index contributed by atoms with van der Waals surface area (Å²) in [5.74, 6) is 0.660. The summed E-state index contributed by atoms with van der Waals surface area (Å²) in [6, 6.07) is 1.82. The smallest absolute Gasteiger partial charge is 0.0808 e. The molecule has 0 spiro atoms. The number of aliphatic hydroxyl groups is 1. The van der Waals surface area contributed by atoms with Crippen LogP contribution in [0.15, 0.2) is 18.5 Å². The molecule has 88 valence electrons. The molecule has 16 heavy (non-hydrogen) atoms. The molecule has 2 rings (SSSR count). The Morgan fingerprint density at radius 1 is 1.38 bits per heavy atom. The van der Waals surface area contributed by atoms with E-state index in [2.05, 4.69) is 4.98 Å². The second kappa shape index (κ2) is 5.65. The summed E-state index contributed by atoms with van der Waals surface area (Å²) in [6.45, 7) is 0. The molecule has 2 nitrogen and oxygen atoms in total. The van der Waals surface area contributed by atoms with E-state index in [0.717, 1.165) is 12.0 Å². The number of pyridine rings is 1. The Labute approximate surface area is 102 Å². The molecule has 0 aliphatic heterocycles. The maximum absolute atomic E-state index is 10.1. The molecule has 0 bridgehead atoms. The van der Waals surface area contributed by atoms with E-state index in [1.807, 2.05) is 6.07 Å². The first-order valence-electron chi connectivity index (χ1n) is 6.05. The van der Waals surface area contributed by atoms with Crippen molar-refractivity contribution in [3.63, 3.8) is 0 Å². The third-order valence-corrected chi connectivity index (χ3v) is 3.76. The van der Waals surface area contributed by atoms with Gasteiger partial charge in [-0.2, -0.15) is 0 Å². The van der Waals surface area contributed by atoms with Crippen LogP contribution in [0.2, 0.25) is 5.02 Å². The SMILES string of the molecule is OC(CC1CCCCC1)c1ccncc1Cl. The van der Waals surface area contributed by atoms with Gasteiger partial charge in [-0.15, -0.1) is 0 Å². The minimum absolute atomic E-state index is 0.432. The van der Waals surface area contributed by atoms with Crippen molar-refractivity contribution in [2.45, 2.75) is 44.6 Å². The fourth-order valence-electron chi connectivity index (χ4n) is 2.52. The van der Waals surface area contributed by atoms with E-state index < -0.39 is 6.10 Å². The van der Waals surface area contributed by atoms with Crippen LogP contribution in [0, 0.1) is 5.92 Å². The summed E-state index contributed by atoms with van der Waals surface area (Å²) in [5, 5.41) is 10.7. The Balaban J connectivity index is 1.96. The van der Waals surface area contributed by atoms with Gasteiger partial charge in [0.15, 0.2) is 0 Å². The fraction of sp³-hybridized carbons (Fsp3) is 0.615. The first kappa shape index (κ1) is 11.9. The van der Waals surface area contributed by atoms with E-state index in [9.17, 15) is 5.11 Å². The Kier molecular flexibility index (Phi) is 4.19. The molecule has 1 aromatic heterocycles. The van der Waals surface area contributed by atoms with E-state index in [1.165, 1.54) is 32.1 Å². The lowest BCUT2D eigenvalue weighted by molar-refractivity contribution is 0.131. The van der Waals surface area contributed by atoms with Gasteiger partial charge >= 0.3 is 0 Å². The standard InChI is InChI=1S/C13H18ClNO/c14-12-9-15-7-6-11(12)13(16)8-10-4-2-1-3-5-10/h6-7,9-10,13,16H,1-5,8H2. The molecule has 0 aromatic carbocycles. The molecule has 1 unspecified atom stereocenters. The van der Waals surface area contributed by atoms with E-state index in [0.29, 0.717) is 10.9 Å². The van der Waals surface area contributed by atoms with Crippen LogP contribution in [0.4, 0.5) is 0 Å². The summed E-state index contributed by atoms with van der Waals surface area (Å²) >= 11 is 6.01. The van der Waals surface area contributed by atoms with Crippen LogP contribution in [0.3, 0.4) is 0 Å². The number of nitrogens with zero attached hydrogens (tertiary/aromatic N) is 1. The van der Waals surface area contributed by atoms with Gasteiger partial charge in [0, 0.05) is 18.0 Å². The van der Waals surface area contributed by atoms with Crippen molar-refractivity contribution >= 4 is 11.6 Å². The van der Waals surface area contributed by atoms with Gasteiger partial charge < -0.3 is 5.11 Å². The van der Waals surface area contributed by atoms with E-state index >= 15 is 0 Å². The molecular weight excluding hydrogens is 222 g/mol. The van der Waals surface area contributed by atoms with Crippen molar-refractivity contribution in [2.24, 2.45) is 5.92 Å². The Morgan fingerprint density at radius 3 is 2.81 bits per heavy atom. The third-order valence-electron chi connectivity index (χ3n) is 3.44. The Morgan fingerprint density at radius 2 is 2.12 bits per heavy atom. The van der Waals surface area contributed by atoms with Gasteiger partial charge in [0.2, 0.25) is 0 Å². The molecule has 0 saturated heterocycles. The molecule has 1 aromatic rings. The zero-order valence-electron chi connectivity index (χ0n) is 9.40. The molecule has 1 N–H and O–H groups in total. The average Bonchev–Trinajstić information content (AvgIpc) is 2.31. The van der Waals surface area contributed by atoms with Crippen LogP contribution in [0.25, 0.3) is 0 Å². The zero-order chi connectivity index (χ0) is 11.4. The minimum Gasteiger partial charge on any atom is -0.388 e. The molecule has 1 atom stereocenters. The lowest BCUT2D eigenvalue weighted by Crippen LogP contribution is -2.11. The number of rotatable bonds is 3. The maximum Gasteiger partial charge on any atom is 0.0808 e. The van der Waals surface area contributed by atoms with Gasteiger partial charge in [-0.25, -0.2) is 0 Å². The lowest BCUT2D eigenvalue weighted by atomic mass is 9.84. The second-order valence-electron chi connectivity index (χ2n) is 4.65. The second-order valence-corrected chi connectivity index (χ2v) is 5.06. The van der Waals surface area contributed by atoms with Crippen molar-refractivity contribution in [3.05, 3.63) is 29.0 Å². The fourth-order valence-corrected chi connectivity index (χ4v) is 2.77. The van der Waals surface area contributed by atoms with Gasteiger partial charge in [-0.1, -0.05) is 43.7 Å². The molecule has 1 aliphatic carbocycles. The molecule has 0 radical (unpaired) electrons. The van der Waals surface area contributed by atoms with Crippen molar-refractivity contribution < 1.29 is 5.11 Å². The average molecular weight is 240 g/mol. The topological polar surface area (TPSA) is 33.1 Å². The van der Waals surface area contributed by atoms with E-state index in [-0.39, 0.29) is 0 Å². The Hall–Kier alpha value is -0.600. The highest BCUT2D eigenvalue weighted by Gasteiger charge is 2.19. The summed E-state index contributed by atoms with van der Waals surface area (Å²) in [4.78, 5) is 3.93. The van der Waals surface area contributed by atoms with Gasteiger partial charge in [-0.3, -0.25) is 4.98 Å². The zero-order valence-corrected chi connectivity index (χ0v) is 10.2. The number of aromatic nitrogens is 1. The van der Waals surface area contributed by atoms with Crippen molar-refractivity contribution in [2.75, 3.05) is 0 Å². The van der Waals surface area contributed by atoms with Crippen LogP contribution in [0.1, 0.15) is 50.2 Å². The van der Waals surface area contributed by atoms with E-state index in [4.69, 9.17) is 11.6 Å². The van der Waals surface area contributed by atoms with E-state index in [1.54, 1.807) is 12.4 Å². The van der Waals surface area contributed by atoms with Gasteiger partial charge in [0.05, 0.1) is 11.1 Å². The summed E-state index contributed by atoms with van der Waals surface area (Å²) in [6.07, 6.45) is 10.2. The van der Waals surface area contributed by atoms with Crippen LogP contribution in [-0.4, -0.2) is 10.1 Å². The summed E-state index contributed by atoms with van der Waals surface area (Å²) in [7, 11) is 0. The molecule has 1 aliphatic rings. The largest absolute Gasteiger partial charge is 0.388 e. The van der Waals surface area contributed by atoms with Crippen LogP contribution in [-0.2, 0) is 0 Å². The predicted molar refractivity (Wildman–Crippen MR) is 65.4 cm³/mol. The first-order valence-corrected chi connectivity index (χ1v) is 6.42. The Bertz CT molecular complexity index is 336. The van der Waals surface area contributed by atoms with Crippen molar-refractivity contribution in [1.29, 1.82) is 0 Å². The highest BCUT2D eigenvalue weighted by Crippen LogP contribution is 2.33. The van der Waals surface area contributed by atoms with Crippen LogP contribution in [0.5, 0.6) is 0 Å². The number of halogens is 1. The van der Waals surface area contributed by atoms with Crippen molar-refractivity contribution in [3.8, 4) is 0 Å².